The Morgan fingerprint density at radius 1 is 1.46 bits per heavy atom. The van der Waals surface area contributed by atoms with Crippen LogP contribution in [0.1, 0.15) is 5.69 Å². The van der Waals surface area contributed by atoms with Crippen LogP contribution in [0.2, 0.25) is 0 Å². The molecule has 0 saturated carbocycles. The lowest BCUT2D eigenvalue weighted by molar-refractivity contribution is -0.689. The van der Waals surface area contributed by atoms with Gasteiger partial charge >= 0.3 is 0 Å². The molecule has 1 saturated heterocycles. The average molecular weight is 388 g/mol. The third-order valence-corrected chi connectivity index (χ3v) is 6.78. The summed E-state index contributed by atoms with van der Waals surface area (Å²) >= 11 is 3.07. The van der Waals surface area contributed by atoms with Gasteiger partial charge in [-0.2, -0.15) is 0 Å². The lowest BCUT2D eigenvalue weighted by Crippen LogP contribution is -2.69. The molecule has 0 unspecified atom stereocenters. The van der Waals surface area contributed by atoms with E-state index in [1.54, 1.807) is 11.3 Å². The molecule has 2 aliphatic rings. The predicted octanol–water partition coefficient (Wildman–Crippen LogP) is -0.348. The molecule has 1 fully saturated rings. The molecule has 4 rings (SSSR count). The minimum atomic E-state index is -1.33. The maximum absolute atomic E-state index is 12.0. The molecule has 4 heterocycles. The number of aromatic nitrogens is 2. The highest BCUT2D eigenvalue weighted by molar-refractivity contribution is 8.00. The van der Waals surface area contributed by atoms with Gasteiger partial charge in [0.1, 0.15) is 16.4 Å². The van der Waals surface area contributed by atoms with Crippen molar-refractivity contribution in [2.75, 3.05) is 5.75 Å². The molecule has 0 spiro atoms. The van der Waals surface area contributed by atoms with Gasteiger partial charge in [-0.3, -0.25) is 9.69 Å². The molecular formula is C17H16N4O3S2. The first kappa shape index (κ1) is 17.2. The van der Waals surface area contributed by atoms with Crippen molar-refractivity contribution < 1.29 is 19.3 Å². The summed E-state index contributed by atoms with van der Waals surface area (Å²) in [5, 5.41) is 14.2. The highest BCUT2D eigenvalue weighted by Gasteiger charge is 2.50. The molecule has 2 aliphatic heterocycles. The van der Waals surface area contributed by atoms with E-state index in [1.807, 2.05) is 41.4 Å². The SMILES string of the molecule is Cc1csc(-c2cc[n+](CC3=C(C(=O)[O-])N4C(=O)[C@@H](N)[C@H]4SC3)cc2)n1. The van der Waals surface area contributed by atoms with Crippen LogP contribution >= 0.6 is 23.1 Å². The minimum absolute atomic E-state index is 0.0347. The fourth-order valence-corrected chi connectivity index (χ4v) is 5.19. The van der Waals surface area contributed by atoms with Gasteiger partial charge in [-0.05, 0) is 6.92 Å². The number of pyridine rings is 1. The number of aryl methyl sites for hydroxylation is 1. The lowest BCUT2D eigenvalue weighted by atomic mass is 10.0. The first-order valence-corrected chi connectivity index (χ1v) is 9.94. The molecule has 0 radical (unpaired) electrons. The van der Waals surface area contributed by atoms with Gasteiger partial charge in [0, 0.05) is 40.1 Å². The number of hydrogen-bond donors (Lipinski definition) is 1. The molecule has 2 aromatic heterocycles. The summed E-state index contributed by atoms with van der Waals surface area (Å²) in [5.74, 6) is -1.19. The zero-order valence-corrected chi connectivity index (χ0v) is 15.5. The number of thioether (sulfide) groups is 1. The van der Waals surface area contributed by atoms with Crippen LogP contribution in [0, 0.1) is 6.92 Å². The maximum Gasteiger partial charge on any atom is 0.248 e. The molecule has 2 atom stereocenters. The van der Waals surface area contributed by atoms with Gasteiger partial charge in [-0.15, -0.1) is 23.1 Å². The van der Waals surface area contributed by atoms with E-state index in [9.17, 15) is 14.7 Å². The highest BCUT2D eigenvalue weighted by atomic mass is 32.2. The van der Waals surface area contributed by atoms with Gasteiger partial charge in [-0.25, -0.2) is 9.55 Å². The highest BCUT2D eigenvalue weighted by Crippen LogP contribution is 2.39. The Morgan fingerprint density at radius 2 is 2.19 bits per heavy atom. The Hall–Kier alpha value is -2.23. The van der Waals surface area contributed by atoms with Crippen molar-refractivity contribution in [3.8, 4) is 10.6 Å². The summed E-state index contributed by atoms with van der Waals surface area (Å²) in [6.07, 6.45) is 3.76. The summed E-state index contributed by atoms with van der Waals surface area (Å²) in [5.41, 5.74) is 8.36. The summed E-state index contributed by atoms with van der Waals surface area (Å²) in [6.45, 7) is 2.33. The van der Waals surface area contributed by atoms with Gasteiger partial charge in [0.05, 0.1) is 11.7 Å². The minimum Gasteiger partial charge on any atom is -0.543 e. The summed E-state index contributed by atoms with van der Waals surface area (Å²) in [4.78, 5) is 29.3. The van der Waals surface area contributed by atoms with E-state index in [1.165, 1.54) is 16.7 Å². The molecule has 0 aliphatic carbocycles. The standard InChI is InChI=1S/C17H16N4O3S2/c1-9-7-25-14(19-9)10-2-4-20(5-3-10)6-11-8-26-16-12(18)15(22)21(16)13(11)17(23)24/h2-5,7,12,16H,6,8,18H2,1H3/t12-,16-/m1/s1. The lowest BCUT2D eigenvalue weighted by Gasteiger charge is -2.49. The van der Waals surface area contributed by atoms with Crippen LogP contribution in [-0.4, -0.2) is 38.9 Å². The fraction of sp³-hybridized carbons (Fsp3) is 0.294. The van der Waals surface area contributed by atoms with Crippen LogP contribution in [-0.2, 0) is 16.1 Å². The Labute approximate surface area is 158 Å². The summed E-state index contributed by atoms with van der Waals surface area (Å²) < 4.78 is 1.88. The number of carboxylic acids is 1. The molecule has 9 heteroatoms. The van der Waals surface area contributed by atoms with E-state index in [0.29, 0.717) is 17.9 Å². The predicted molar refractivity (Wildman–Crippen MR) is 95.6 cm³/mol. The van der Waals surface area contributed by atoms with Gasteiger partial charge in [0.25, 0.3) is 0 Å². The molecule has 7 nitrogen and oxygen atoms in total. The number of aliphatic carboxylic acids is 1. The van der Waals surface area contributed by atoms with Crippen LogP contribution in [0.25, 0.3) is 10.6 Å². The van der Waals surface area contributed by atoms with Crippen molar-refractivity contribution in [3.05, 3.63) is 46.9 Å². The summed E-state index contributed by atoms with van der Waals surface area (Å²) in [7, 11) is 0. The van der Waals surface area contributed by atoms with E-state index in [-0.39, 0.29) is 17.0 Å². The van der Waals surface area contributed by atoms with Crippen molar-refractivity contribution in [2.45, 2.75) is 24.9 Å². The van der Waals surface area contributed by atoms with Gasteiger partial charge in [-0.1, -0.05) is 0 Å². The van der Waals surface area contributed by atoms with Crippen LogP contribution in [0.5, 0.6) is 0 Å². The average Bonchev–Trinajstić information content (AvgIpc) is 3.07. The monoisotopic (exact) mass is 388 g/mol. The van der Waals surface area contributed by atoms with Crippen LogP contribution < -0.4 is 15.4 Å². The number of hydrogen-bond acceptors (Lipinski definition) is 7. The number of β-lactam (4-membered cyclic amide) rings is 1. The third kappa shape index (κ3) is 2.81. The zero-order chi connectivity index (χ0) is 18.4. The molecule has 0 bridgehead atoms. The third-order valence-electron chi connectivity index (χ3n) is 4.41. The first-order valence-electron chi connectivity index (χ1n) is 8.01. The number of nitrogens with two attached hydrogens (primary N) is 1. The quantitative estimate of drug-likeness (QED) is 0.567. The maximum atomic E-state index is 12.0. The molecule has 26 heavy (non-hydrogen) atoms. The molecule has 134 valence electrons. The summed E-state index contributed by atoms with van der Waals surface area (Å²) in [6, 6.07) is 3.26. The van der Waals surface area contributed by atoms with Crippen molar-refractivity contribution in [3.63, 3.8) is 0 Å². The smallest absolute Gasteiger partial charge is 0.248 e. The molecular weight excluding hydrogens is 372 g/mol. The number of carboxylic acid groups (broad SMARTS) is 1. The molecule has 2 aromatic rings. The zero-order valence-electron chi connectivity index (χ0n) is 13.9. The van der Waals surface area contributed by atoms with E-state index >= 15 is 0 Å². The van der Waals surface area contributed by atoms with Gasteiger partial charge in [0.2, 0.25) is 5.91 Å². The van der Waals surface area contributed by atoms with Crippen molar-refractivity contribution in [1.82, 2.24) is 9.88 Å². The Morgan fingerprint density at radius 3 is 2.81 bits per heavy atom. The number of amides is 1. The van der Waals surface area contributed by atoms with E-state index < -0.39 is 12.0 Å². The normalized spacial score (nSPS) is 22.2. The fourth-order valence-electron chi connectivity index (χ4n) is 3.10. The number of rotatable bonds is 4. The molecule has 1 amide bonds. The Bertz CT molecular complexity index is 922. The second kappa shape index (κ2) is 6.49. The second-order valence-corrected chi connectivity index (χ2v) is 8.19. The van der Waals surface area contributed by atoms with Gasteiger partial charge in [0.15, 0.2) is 18.9 Å². The van der Waals surface area contributed by atoms with Crippen LogP contribution in [0.15, 0.2) is 41.2 Å². The van der Waals surface area contributed by atoms with Gasteiger partial charge < -0.3 is 15.6 Å². The van der Waals surface area contributed by atoms with Crippen LogP contribution in [0.3, 0.4) is 0 Å². The van der Waals surface area contributed by atoms with E-state index in [4.69, 9.17) is 5.73 Å². The molecule has 0 aromatic carbocycles. The van der Waals surface area contributed by atoms with Crippen molar-refractivity contribution in [2.24, 2.45) is 5.73 Å². The number of nitrogens with zero attached hydrogens (tertiary/aromatic N) is 3. The number of carbonyl (C=O) groups excluding carboxylic acids is 2. The van der Waals surface area contributed by atoms with E-state index in [0.717, 1.165) is 16.3 Å². The number of carbonyl (C=O) groups is 2. The number of thiazole rings is 1. The van der Waals surface area contributed by atoms with E-state index in [2.05, 4.69) is 4.98 Å². The Kier molecular flexibility index (Phi) is 4.29. The molecule has 2 N–H and O–H groups in total. The van der Waals surface area contributed by atoms with Crippen molar-refractivity contribution in [1.29, 1.82) is 0 Å². The second-order valence-electron chi connectivity index (χ2n) is 6.23. The topological polar surface area (TPSA) is 103 Å². The van der Waals surface area contributed by atoms with Crippen LogP contribution in [0.4, 0.5) is 0 Å². The largest absolute Gasteiger partial charge is 0.543 e. The van der Waals surface area contributed by atoms with Crippen molar-refractivity contribution >= 4 is 35.0 Å². The first-order chi connectivity index (χ1) is 12.5. The Balaban J connectivity index is 1.59. The number of fused-ring (bicyclic) bond motifs is 1.